The zero-order valence-corrected chi connectivity index (χ0v) is 9.58. The third kappa shape index (κ3) is 3.41. The predicted molar refractivity (Wildman–Crippen MR) is 63.4 cm³/mol. The number of nitriles is 1. The van der Waals surface area contributed by atoms with Crippen LogP contribution >= 0.6 is 0 Å². The molecule has 0 spiro atoms. The van der Waals surface area contributed by atoms with Crippen molar-refractivity contribution >= 4 is 5.69 Å². The lowest BCUT2D eigenvalue weighted by Gasteiger charge is -2.10. The van der Waals surface area contributed by atoms with Crippen molar-refractivity contribution in [2.24, 2.45) is 0 Å². The van der Waals surface area contributed by atoms with Gasteiger partial charge in [-0.15, -0.1) is 0 Å². The fraction of sp³-hybridized carbons (Fsp3) is 0.455. The number of H-pyrrole nitrogens is 1. The van der Waals surface area contributed by atoms with Gasteiger partial charge in [-0.05, 0) is 33.1 Å². The van der Waals surface area contributed by atoms with E-state index in [9.17, 15) is 4.79 Å². The van der Waals surface area contributed by atoms with Crippen LogP contribution in [-0.4, -0.2) is 37.1 Å². The van der Waals surface area contributed by atoms with Crippen LogP contribution in [0.5, 0.6) is 0 Å². The molecule has 1 aromatic heterocycles. The maximum atomic E-state index is 11.3. The molecule has 0 saturated heterocycles. The molecule has 0 fully saturated rings. The maximum Gasteiger partial charge on any atom is 0.267 e. The van der Waals surface area contributed by atoms with Crippen molar-refractivity contribution in [3.63, 3.8) is 0 Å². The summed E-state index contributed by atoms with van der Waals surface area (Å²) < 4.78 is 0. The Bertz CT molecular complexity index is 430. The van der Waals surface area contributed by atoms with Crippen molar-refractivity contribution in [1.29, 1.82) is 5.26 Å². The topological polar surface area (TPSA) is 71.9 Å². The largest absolute Gasteiger partial charge is 0.384 e. The van der Waals surface area contributed by atoms with E-state index in [1.165, 1.54) is 6.20 Å². The van der Waals surface area contributed by atoms with E-state index in [0.29, 0.717) is 5.69 Å². The van der Waals surface area contributed by atoms with E-state index in [0.717, 1.165) is 19.5 Å². The number of nitrogens with one attached hydrogen (secondary N) is 2. The van der Waals surface area contributed by atoms with Crippen molar-refractivity contribution in [3.8, 4) is 6.07 Å². The number of hydrogen-bond donors (Lipinski definition) is 2. The van der Waals surface area contributed by atoms with Gasteiger partial charge in [0, 0.05) is 12.7 Å². The zero-order chi connectivity index (χ0) is 12.0. The minimum atomic E-state index is -0.347. The Morgan fingerprint density at radius 3 is 2.94 bits per heavy atom. The molecule has 0 aromatic carbocycles. The van der Waals surface area contributed by atoms with Gasteiger partial charge in [0.25, 0.3) is 5.56 Å². The molecule has 0 aliphatic heterocycles. The minimum absolute atomic E-state index is 0.146. The lowest BCUT2D eigenvalue weighted by Crippen LogP contribution is -2.18. The first-order valence-electron chi connectivity index (χ1n) is 5.15. The summed E-state index contributed by atoms with van der Waals surface area (Å²) in [5.74, 6) is 0. The Kier molecular flexibility index (Phi) is 4.55. The molecule has 16 heavy (non-hydrogen) atoms. The minimum Gasteiger partial charge on any atom is -0.384 e. The number of pyridine rings is 1. The summed E-state index contributed by atoms with van der Waals surface area (Å²) in [6.07, 6.45) is 2.50. The summed E-state index contributed by atoms with van der Waals surface area (Å²) >= 11 is 0. The molecule has 0 aliphatic rings. The molecular formula is C11H16N4O. The molecule has 5 nitrogen and oxygen atoms in total. The molecule has 0 radical (unpaired) electrons. The fourth-order valence-electron chi connectivity index (χ4n) is 1.36. The quantitative estimate of drug-likeness (QED) is 0.713. The number of rotatable bonds is 5. The number of anilines is 1. The summed E-state index contributed by atoms with van der Waals surface area (Å²) in [6, 6.07) is 3.60. The van der Waals surface area contributed by atoms with Crippen LogP contribution in [0.4, 0.5) is 5.69 Å². The van der Waals surface area contributed by atoms with Gasteiger partial charge in [-0.1, -0.05) is 0 Å². The van der Waals surface area contributed by atoms with Crippen molar-refractivity contribution in [3.05, 3.63) is 28.2 Å². The van der Waals surface area contributed by atoms with Crippen LogP contribution in [0.15, 0.2) is 17.1 Å². The molecule has 1 heterocycles. The fourth-order valence-corrected chi connectivity index (χ4v) is 1.36. The van der Waals surface area contributed by atoms with Gasteiger partial charge < -0.3 is 15.2 Å². The second-order valence-electron chi connectivity index (χ2n) is 3.79. The first kappa shape index (κ1) is 12.3. The molecule has 0 unspecified atom stereocenters. The van der Waals surface area contributed by atoms with E-state index >= 15 is 0 Å². The highest BCUT2D eigenvalue weighted by atomic mass is 16.1. The highest BCUT2D eigenvalue weighted by molar-refractivity contribution is 5.55. The highest BCUT2D eigenvalue weighted by Crippen LogP contribution is 2.07. The summed E-state index contributed by atoms with van der Waals surface area (Å²) in [4.78, 5) is 15.8. The number of nitrogens with zero attached hydrogens (tertiary/aromatic N) is 2. The van der Waals surface area contributed by atoms with Gasteiger partial charge in [-0.3, -0.25) is 4.79 Å². The first-order chi connectivity index (χ1) is 7.65. The molecule has 1 aromatic rings. The molecular weight excluding hydrogens is 204 g/mol. The highest BCUT2D eigenvalue weighted by Gasteiger charge is 2.04. The van der Waals surface area contributed by atoms with Crippen LogP contribution in [0, 0.1) is 11.3 Å². The zero-order valence-electron chi connectivity index (χ0n) is 9.58. The maximum absolute atomic E-state index is 11.3. The Labute approximate surface area is 94.7 Å². The molecule has 86 valence electrons. The van der Waals surface area contributed by atoms with Crippen LogP contribution in [0.25, 0.3) is 0 Å². The monoisotopic (exact) mass is 220 g/mol. The molecule has 0 aliphatic carbocycles. The Morgan fingerprint density at radius 2 is 2.31 bits per heavy atom. The van der Waals surface area contributed by atoms with E-state index in [-0.39, 0.29) is 11.1 Å². The van der Waals surface area contributed by atoms with Crippen LogP contribution in [0.2, 0.25) is 0 Å². The standard InChI is InChI=1S/C11H16N4O/c1-15(2)7-3-5-13-10-4-6-14-11(16)9(10)8-12/h4,6H,3,5,7H2,1-2H3,(H2,13,14,16). The molecule has 0 atom stereocenters. The Morgan fingerprint density at radius 1 is 1.56 bits per heavy atom. The van der Waals surface area contributed by atoms with E-state index in [4.69, 9.17) is 5.26 Å². The summed E-state index contributed by atoms with van der Waals surface area (Å²) in [7, 11) is 4.02. The third-order valence-corrected chi connectivity index (χ3v) is 2.17. The van der Waals surface area contributed by atoms with Gasteiger partial charge in [-0.2, -0.15) is 5.26 Å². The van der Waals surface area contributed by atoms with E-state index < -0.39 is 0 Å². The predicted octanol–water partition coefficient (Wildman–Crippen LogP) is 0.610. The third-order valence-electron chi connectivity index (χ3n) is 2.17. The van der Waals surface area contributed by atoms with Gasteiger partial charge in [0.2, 0.25) is 0 Å². The van der Waals surface area contributed by atoms with E-state index in [1.54, 1.807) is 6.07 Å². The summed E-state index contributed by atoms with van der Waals surface area (Å²) in [6.45, 7) is 1.72. The molecule has 5 heteroatoms. The molecule has 0 amide bonds. The SMILES string of the molecule is CN(C)CCCNc1cc[nH]c(=O)c1C#N. The van der Waals surface area contributed by atoms with Crippen LogP contribution in [0.1, 0.15) is 12.0 Å². The van der Waals surface area contributed by atoms with E-state index in [1.807, 2.05) is 20.2 Å². The smallest absolute Gasteiger partial charge is 0.267 e. The molecule has 2 N–H and O–H groups in total. The lowest BCUT2D eigenvalue weighted by molar-refractivity contribution is 0.405. The van der Waals surface area contributed by atoms with E-state index in [2.05, 4.69) is 15.2 Å². The first-order valence-corrected chi connectivity index (χ1v) is 5.15. The van der Waals surface area contributed by atoms with Crippen molar-refractivity contribution in [1.82, 2.24) is 9.88 Å². The number of hydrogen-bond acceptors (Lipinski definition) is 4. The summed E-state index contributed by atoms with van der Waals surface area (Å²) in [5.41, 5.74) is 0.400. The molecule has 1 rings (SSSR count). The number of aromatic amines is 1. The van der Waals surface area contributed by atoms with Crippen LogP contribution < -0.4 is 10.9 Å². The second kappa shape index (κ2) is 5.93. The van der Waals surface area contributed by atoms with Crippen molar-refractivity contribution < 1.29 is 0 Å². The average Bonchev–Trinajstić information content (AvgIpc) is 2.24. The van der Waals surface area contributed by atoms with Crippen LogP contribution in [0.3, 0.4) is 0 Å². The van der Waals surface area contributed by atoms with Crippen LogP contribution in [-0.2, 0) is 0 Å². The van der Waals surface area contributed by atoms with Gasteiger partial charge in [0.05, 0.1) is 5.69 Å². The van der Waals surface area contributed by atoms with Gasteiger partial charge in [-0.25, -0.2) is 0 Å². The Balaban J connectivity index is 2.58. The lowest BCUT2D eigenvalue weighted by atomic mass is 10.2. The normalized spacial score (nSPS) is 10.1. The van der Waals surface area contributed by atoms with Gasteiger partial charge >= 0.3 is 0 Å². The van der Waals surface area contributed by atoms with Gasteiger partial charge in [0.15, 0.2) is 0 Å². The molecule has 0 saturated carbocycles. The van der Waals surface area contributed by atoms with Crippen molar-refractivity contribution in [2.75, 3.05) is 32.5 Å². The average molecular weight is 220 g/mol. The Hall–Kier alpha value is -1.80. The number of aromatic nitrogens is 1. The van der Waals surface area contributed by atoms with Crippen molar-refractivity contribution in [2.45, 2.75) is 6.42 Å². The second-order valence-corrected chi connectivity index (χ2v) is 3.79. The van der Waals surface area contributed by atoms with Gasteiger partial charge in [0.1, 0.15) is 11.6 Å². The summed E-state index contributed by atoms with van der Waals surface area (Å²) in [5, 5.41) is 11.9. The molecule has 0 bridgehead atoms.